The molecule has 0 saturated carbocycles. The van der Waals surface area contributed by atoms with Gasteiger partial charge in [-0.25, -0.2) is 29.9 Å². The molecule has 0 unspecified atom stereocenters. The number of hydrogen-bond acceptors (Lipinski definition) is 8. The van der Waals surface area contributed by atoms with Crippen LogP contribution in [0.15, 0.2) is 400 Å². The Hall–Kier alpha value is -14.8. The smallest absolute Gasteiger partial charge is 0.160 e. The predicted octanol–water partition coefficient (Wildman–Crippen LogP) is 29.7. The lowest BCUT2D eigenvalue weighted by atomic mass is 9.92. The van der Waals surface area contributed by atoms with Gasteiger partial charge in [0.25, 0.3) is 0 Å². The Kier molecular flexibility index (Phi) is 16.9. The average molecular weight is 1510 g/mol. The van der Waals surface area contributed by atoms with Crippen LogP contribution in [0, 0.1) is 0 Å². The maximum atomic E-state index is 5.46. The van der Waals surface area contributed by atoms with Gasteiger partial charge in [-0.2, -0.15) is 0 Å². The molecule has 116 heavy (non-hydrogen) atoms. The minimum absolute atomic E-state index is 0.693. The predicted molar refractivity (Wildman–Crippen MR) is 490 cm³/mol. The zero-order valence-electron chi connectivity index (χ0n) is 62.6. The number of benzene rings is 17. The van der Waals surface area contributed by atoms with Gasteiger partial charge in [0.2, 0.25) is 0 Å². The van der Waals surface area contributed by atoms with Crippen LogP contribution < -0.4 is 0 Å². The van der Waals surface area contributed by atoms with Gasteiger partial charge in [0.1, 0.15) is 0 Å². The van der Waals surface area contributed by atoms with Crippen molar-refractivity contribution in [2.75, 3.05) is 0 Å². The average Bonchev–Trinajstić information content (AvgIpc) is 1.56. The van der Waals surface area contributed by atoms with Gasteiger partial charge in [0.05, 0.1) is 45.2 Å². The van der Waals surface area contributed by atoms with Crippen LogP contribution in [0.4, 0.5) is 0 Å². The summed E-state index contributed by atoms with van der Waals surface area (Å²) in [6.07, 6.45) is 0. The highest BCUT2D eigenvalue weighted by atomic mass is 32.1. The Morgan fingerprint density at radius 2 is 0.457 bits per heavy atom. The molecule has 23 aromatic rings. The number of nitrogens with zero attached hydrogens (tertiary/aromatic N) is 6. The molecule has 8 heteroatoms. The summed E-state index contributed by atoms with van der Waals surface area (Å²) in [7, 11) is 0. The topological polar surface area (TPSA) is 77.3 Å². The summed E-state index contributed by atoms with van der Waals surface area (Å²) in [6, 6.07) is 142. The molecular weight excluding hydrogens is 1450 g/mol. The van der Waals surface area contributed by atoms with Gasteiger partial charge in [-0.3, -0.25) is 0 Å². The van der Waals surface area contributed by atoms with E-state index in [-0.39, 0.29) is 0 Å². The highest BCUT2D eigenvalue weighted by Crippen LogP contribution is 2.48. The van der Waals surface area contributed by atoms with E-state index in [0.29, 0.717) is 11.6 Å². The van der Waals surface area contributed by atoms with Crippen molar-refractivity contribution in [3.63, 3.8) is 0 Å². The Bertz CT molecular complexity index is 7720. The second kappa shape index (κ2) is 28.7. The van der Waals surface area contributed by atoms with Gasteiger partial charge in [-0.15, -0.1) is 22.7 Å². The van der Waals surface area contributed by atoms with Crippen molar-refractivity contribution in [3.05, 3.63) is 400 Å². The molecule has 0 spiro atoms. The van der Waals surface area contributed by atoms with E-state index < -0.39 is 0 Å². The van der Waals surface area contributed by atoms with Gasteiger partial charge >= 0.3 is 0 Å². The molecule has 23 rings (SSSR count). The number of hydrogen-bond donors (Lipinski definition) is 0. The highest BCUT2D eigenvalue weighted by molar-refractivity contribution is 7.27. The second-order valence-electron chi connectivity index (χ2n) is 29.5. The normalized spacial score (nSPS) is 11.6. The lowest BCUT2D eigenvalue weighted by molar-refractivity contribution is 1.18. The van der Waals surface area contributed by atoms with Gasteiger partial charge in [-0.05, 0) is 137 Å². The number of fused-ring (bicyclic) bond motifs is 16. The minimum Gasteiger partial charge on any atom is -0.247 e. The molecule has 0 atom stereocenters. The molecule has 0 aliphatic carbocycles. The highest BCUT2D eigenvalue weighted by Gasteiger charge is 2.23. The minimum atomic E-state index is 0.693. The Morgan fingerprint density at radius 1 is 0.172 bits per heavy atom. The van der Waals surface area contributed by atoms with E-state index in [1.165, 1.54) is 122 Å². The maximum Gasteiger partial charge on any atom is 0.160 e. The fraction of sp³-hybridized carbons (Fsp3) is 0. The standard InChI is InChI=1S/C57H35N3S.C51H31N3S/c1-3-13-36(14-4-1)37-23-29-41(30-24-37)57-59-51(38-15-5-2-6-16-38)35-52(60-57)39-25-27-40(28-26-39)55-54-47-21-11-12-22-53(47)61-56(54)49-34-43(31-32-50(49)58-55)48-33-42-17-7-8-18-44(42)45-19-9-10-20-46(45)48;1-3-13-32(14-4-1)45-31-46(54-51(53-45)35-15-5-2-6-16-35)33-23-25-34(26-24-33)49-48-41-21-11-12-22-47(41)55-50(48)43-30-37(27-28-44(43)52-49)42-29-36-17-7-8-18-38(36)39-19-9-10-20-40(39)42/h1-35H;1-31H. The van der Waals surface area contributed by atoms with E-state index in [2.05, 4.69) is 352 Å². The summed E-state index contributed by atoms with van der Waals surface area (Å²) in [4.78, 5) is 31.2. The van der Waals surface area contributed by atoms with E-state index in [1.54, 1.807) is 0 Å². The third kappa shape index (κ3) is 12.3. The van der Waals surface area contributed by atoms with Gasteiger partial charge in [0.15, 0.2) is 11.6 Å². The number of rotatable bonds is 11. The third-order valence-electron chi connectivity index (χ3n) is 22.6. The SMILES string of the molecule is c1ccc(-c2cc(-c3ccc(-c4nc5ccc(-c6cc7ccccc7c7ccccc67)cc5c5sc6ccccc6c45)cc3)nc(-c3ccccc3)n2)cc1.c1ccc(-c2ccc(-c3nc(-c4ccccc4)cc(-c4ccc(-c5nc6ccc(-c7cc8ccccc8c8ccccc78)cc6c6sc7ccccc7c56)cc4)n3)cc2)cc1. The number of thiophene rings is 2. The molecule has 17 aromatic carbocycles. The Labute approximate surface area is 677 Å². The second-order valence-corrected chi connectivity index (χ2v) is 31.6. The van der Waals surface area contributed by atoms with E-state index in [9.17, 15) is 0 Å². The fourth-order valence-electron chi connectivity index (χ4n) is 16.9. The lowest BCUT2D eigenvalue weighted by Crippen LogP contribution is -1.96. The maximum absolute atomic E-state index is 5.46. The summed E-state index contributed by atoms with van der Waals surface area (Å²) in [5.41, 5.74) is 22.9. The zero-order valence-corrected chi connectivity index (χ0v) is 64.2. The molecule has 0 bridgehead atoms. The molecular formula is C108H66N6S2. The van der Waals surface area contributed by atoms with Crippen molar-refractivity contribution in [3.8, 4) is 124 Å². The van der Waals surface area contributed by atoms with Crippen LogP contribution in [0.2, 0.25) is 0 Å². The summed E-state index contributed by atoms with van der Waals surface area (Å²) < 4.78 is 5.02. The van der Waals surface area contributed by atoms with Crippen molar-refractivity contribution in [1.29, 1.82) is 0 Å². The molecule has 540 valence electrons. The van der Waals surface area contributed by atoms with E-state index in [0.717, 1.165) is 95.3 Å². The first-order valence-electron chi connectivity index (χ1n) is 39.1. The quantitative estimate of drug-likeness (QED) is 0.120. The lowest BCUT2D eigenvalue weighted by Gasteiger charge is -2.13. The molecule has 0 aliphatic heterocycles. The van der Waals surface area contributed by atoms with Crippen molar-refractivity contribution in [2.45, 2.75) is 0 Å². The van der Waals surface area contributed by atoms with Crippen LogP contribution in [-0.2, 0) is 0 Å². The first-order chi connectivity index (χ1) is 57.5. The molecule has 0 fully saturated rings. The van der Waals surface area contributed by atoms with Crippen LogP contribution in [0.25, 0.3) is 229 Å². The molecule has 0 aliphatic rings. The fourth-order valence-corrected chi connectivity index (χ4v) is 19.3. The van der Waals surface area contributed by atoms with Gasteiger partial charge in [-0.1, -0.05) is 340 Å². The molecule has 0 saturated heterocycles. The summed E-state index contributed by atoms with van der Waals surface area (Å²) in [5, 5.41) is 17.3. The van der Waals surface area contributed by atoms with Crippen molar-refractivity contribution >= 4 is 128 Å². The zero-order chi connectivity index (χ0) is 76.6. The molecule has 0 N–H and O–H groups in total. The monoisotopic (exact) mass is 1510 g/mol. The molecule has 6 aromatic heterocycles. The van der Waals surface area contributed by atoms with Crippen LogP contribution in [-0.4, -0.2) is 29.9 Å². The first-order valence-corrected chi connectivity index (χ1v) is 40.7. The van der Waals surface area contributed by atoms with Gasteiger partial charge < -0.3 is 0 Å². The first kappa shape index (κ1) is 68.0. The van der Waals surface area contributed by atoms with Crippen molar-refractivity contribution in [2.24, 2.45) is 0 Å². The Morgan fingerprint density at radius 3 is 0.871 bits per heavy atom. The van der Waals surface area contributed by atoms with Crippen LogP contribution in [0.1, 0.15) is 0 Å². The Balaban J connectivity index is 0.000000141. The molecule has 0 amide bonds. The molecule has 6 heterocycles. The molecule has 0 radical (unpaired) electrons. The number of pyridine rings is 2. The van der Waals surface area contributed by atoms with Crippen LogP contribution >= 0.6 is 22.7 Å². The van der Waals surface area contributed by atoms with E-state index in [4.69, 9.17) is 29.9 Å². The van der Waals surface area contributed by atoms with Crippen LogP contribution in [0.3, 0.4) is 0 Å². The molecule has 6 nitrogen and oxygen atoms in total. The van der Waals surface area contributed by atoms with Gasteiger partial charge in [0, 0.05) is 95.6 Å². The summed E-state index contributed by atoms with van der Waals surface area (Å²) >= 11 is 3.70. The van der Waals surface area contributed by atoms with E-state index in [1.807, 2.05) is 71.2 Å². The largest absolute Gasteiger partial charge is 0.247 e. The van der Waals surface area contributed by atoms with Crippen molar-refractivity contribution in [1.82, 2.24) is 29.9 Å². The summed E-state index contributed by atoms with van der Waals surface area (Å²) in [5.74, 6) is 1.40. The van der Waals surface area contributed by atoms with Crippen LogP contribution in [0.5, 0.6) is 0 Å². The number of aromatic nitrogens is 6. The van der Waals surface area contributed by atoms with Crippen molar-refractivity contribution < 1.29 is 0 Å². The third-order valence-corrected chi connectivity index (χ3v) is 25.0. The van der Waals surface area contributed by atoms with E-state index >= 15 is 0 Å². The summed E-state index contributed by atoms with van der Waals surface area (Å²) in [6.45, 7) is 0.